The van der Waals surface area contributed by atoms with Gasteiger partial charge < -0.3 is 15.4 Å². The number of amides is 4. The van der Waals surface area contributed by atoms with Crippen LogP contribution in [0.2, 0.25) is 0 Å². The summed E-state index contributed by atoms with van der Waals surface area (Å²) in [7, 11) is 0. The molecule has 3 fully saturated rings. The van der Waals surface area contributed by atoms with Crippen LogP contribution in [0.1, 0.15) is 32.6 Å². The molecule has 2 bridgehead atoms. The molecule has 0 radical (unpaired) electrons. The van der Waals surface area contributed by atoms with E-state index in [9.17, 15) is 24.0 Å². The quantitative estimate of drug-likeness (QED) is 0.503. The zero-order chi connectivity index (χ0) is 22.1. The second-order valence-corrected chi connectivity index (χ2v) is 8.43. The highest BCUT2D eigenvalue weighted by Gasteiger charge is 2.60. The number of anilines is 2. The maximum Gasteiger partial charge on any atom is 0.308 e. The fraction of sp³-hybridized carbons (Fsp3) is 0.500. The minimum atomic E-state index is -0.642. The second kappa shape index (κ2) is 8.49. The van der Waals surface area contributed by atoms with Crippen molar-refractivity contribution in [2.45, 2.75) is 32.6 Å². The minimum absolute atomic E-state index is 0.00479. The first kappa shape index (κ1) is 21.0. The summed E-state index contributed by atoms with van der Waals surface area (Å²) in [6, 6.07) is 6.49. The van der Waals surface area contributed by atoms with Gasteiger partial charge in [0.1, 0.15) is 0 Å². The van der Waals surface area contributed by atoms with Gasteiger partial charge in [0.15, 0.2) is 6.61 Å². The molecular formula is C22H25N3O6. The maximum atomic E-state index is 12.6. The van der Waals surface area contributed by atoms with Gasteiger partial charge in [0.2, 0.25) is 17.7 Å². The summed E-state index contributed by atoms with van der Waals surface area (Å²) in [5.74, 6) is -1.46. The molecule has 0 spiro atoms. The third-order valence-corrected chi connectivity index (χ3v) is 6.41. The number of carbonyl (C=O) groups excluding carboxylic acids is 5. The molecule has 164 valence electrons. The van der Waals surface area contributed by atoms with Gasteiger partial charge in [0.05, 0.1) is 18.3 Å². The van der Waals surface area contributed by atoms with Crippen molar-refractivity contribution in [3.05, 3.63) is 24.3 Å². The molecule has 2 N–H and O–H groups in total. The van der Waals surface area contributed by atoms with Gasteiger partial charge in [-0.15, -0.1) is 0 Å². The first-order valence-corrected chi connectivity index (χ1v) is 10.5. The van der Waals surface area contributed by atoms with Crippen LogP contribution in [0.15, 0.2) is 24.3 Å². The number of fused-ring (bicyclic) bond motifs is 5. The van der Waals surface area contributed by atoms with Crippen molar-refractivity contribution in [1.82, 2.24) is 4.90 Å². The molecule has 0 aromatic heterocycles. The fourth-order valence-electron chi connectivity index (χ4n) is 5.15. The van der Waals surface area contributed by atoms with Crippen LogP contribution in [-0.2, 0) is 28.7 Å². The molecule has 4 atom stereocenters. The van der Waals surface area contributed by atoms with Crippen LogP contribution in [0.4, 0.5) is 11.4 Å². The summed E-state index contributed by atoms with van der Waals surface area (Å²) in [6.45, 7) is 0.924. The van der Waals surface area contributed by atoms with E-state index in [-0.39, 0.29) is 42.5 Å². The summed E-state index contributed by atoms with van der Waals surface area (Å²) in [6.07, 6.45) is 2.84. The normalized spacial score (nSPS) is 26.0. The number of esters is 1. The number of nitrogens with one attached hydrogen (secondary N) is 2. The lowest BCUT2D eigenvalue weighted by atomic mass is 9.81. The molecule has 1 heterocycles. The Bertz CT molecular complexity index is 900. The van der Waals surface area contributed by atoms with Crippen molar-refractivity contribution in [1.29, 1.82) is 0 Å². The molecule has 2 aliphatic carbocycles. The van der Waals surface area contributed by atoms with Gasteiger partial charge in [0.25, 0.3) is 5.91 Å². The van der Waals surface area contributed by atoms with Gasteiger partial charge in [-0.1, -0.05) is 0 Å². The van der Waals surface area contributed by atoms with E-state index >= 15 is 0 Å². The topological polar surface area (TPSA) is 122 Å². The molecule has 1 aromatic rings. The Labute approximate surface area is 179 Å². The zero-order valence-electron chi connectivity index (χ0n) is 17.3. The standard InChI is InChI=1S/C22H25N3O6/c1-12(26)23-15-4-6-16(7-5-15)24-17(27)11-31-18(28)8-9-25-21(29)19-13-2-3-14(10-13)20(19)22(25)30/h4-7,13-14,19-20H,2-3,8-11H2,1H3,(H,23,26)(H,24,27)/t13-,14-,19-,20+/m0/s1. The van der Waals surface area contributed by atoms with Crippen LogP contribution < -0.4 is 10.6 Å². The van der Waals surface area contributed by atoms with Crippen molar-refractivity contribution in [2.75, 3.05) is 23.8 Å². The monoisotopic (exact) mass is 427 g/mol. The van der Waals surface area contributed by atoms with E-state index < -0.39 is 18.5 Å². The van der Waals surface area contributed by atoms with E-state index in [1.165, 1.54) is 11.8 Å². The molecule has 3 aliphatic rings. The predicted molar refractivity (Wildman–Crippen MR) is 109 cm³/mol. The number of ether oxygens (including phenoxy) is 1. The number of nitrogens with zero attached hydrogens (tertiary/aromatic N) is 1. The second-order valence-electron chi connectivity index (χ2n) is 8.43. The van der Waals surface area contributed by atoms with Gasteiger partial charge in [-0.3, -0.25) is 28.9 Å². The van der Waals surface area contributed by atoms with Crippen molar-refractivity contribution >= 4 is 41.0 Å². The van der Waals surface area contributed by atoms with Crippen LogP contribution in [0.25, 0.3) is 0 Å². The SMILES string of the molecule is CC(=O)Nc1ccc(NC(=O)COC(=O)CCN2C(=O)[C@@H]3[C@H]4CC[C@@H](C4)[C@@H]3C2=O)cc1. The number of carbonyl (C=O) groups is 5. The first-order valence-electron chi connectivity index (χ1n) is 10.5. The highest BCUT2D eigenvalue weighted by atomic mass is 16.5. The predicted octanol–water partition coefficient (Wildman–Crippen LogP) is 1.55. The highest BCUT2D eigenvalue weighted by Crippen LogP contribution is 2.56. The Morgan fingerprint density at radius 1 is 0.968 bits per heavy atom. The highest BCUT2D eigenvalue weighted by molar-refractivity contribution is 6.06. The average molecular weight is 427 g/mol. The molecule has 31 heavy (non-hydrogen) atoms. The zero-order valence-corrected chi connectivity index (χ0v) is 17.3. The summed E-state index contributed by atoms with van der Waals surface area (Å²) < 4.78 is 4.97. The molecule has 9 heteroatoms. The summed E-state index contributed by atoms with van der Waals surface area (Å²) in [4.78, 5) is 61.4. The summed E-state index contributed by atoms with van der Waals surface area (Å²) in [5.41, 5.74) is 1.09. The van der Waals surface area contributed by atoms with E-state index in [4.69, 9.17) is 4.74 Å². The number of imide groups is 1. The first-order chi connectivity index (χ1) is 14.8. The minimum Gasteiger partial charge on any atom is -0.456 e. The number of likely N-dealkylation sites (tertiary alicyclic amines) is 1. The average Bonchev–Trinajstić information content (AvgIpc) is 3.40. The number of hydrogen-bond acceptors (Lipinski definition) is 6. The Kier molecular flexibility index (Phi) is 5.75. The number of hydrogen-bond donors (Lipinski definition) is 2. The van der Waals surface area contributed by atoms with Crippen LogP contribution in [0, 0.1) is 23.7 Å². The Morgan fingerprint density at radius 2 is 1.52 bits per heavy atom. The third kappa shape index (κ3) is 4.30. The molecule has 2 saturated carbocycles. The lowest BCUT2D eigenvalue weighted by Crippen LogP contribution is -2.35. The van der Waals surface area contributed by atoms with Gasteiger partial charge in [-0.2, -0.15) is 0 Å². The van der Waals surface area contributed by atoms with Gasteiger partial charge in [-0.25, -0.2) is 0 Å². The van der Waals surface area contributed by atoms with Crippen LogP contribution in [0.3, 0.4) is 0 Å². The van der Waals surface area contributed by atoms with E-state index in [2.05, 4.69) is 10.6 Å². The Balaban J connectivity index is 1.20. The van der Waals surface area contributed by atoms with Crippen molar-refractivity contribution < 1.29 is 28.7 Å². The molecule has 1 aliphatic heterocycles. The van der Waals surface area contributed by atoms with E-state index in [1.54, 1.807) is 24.3 Å². The van der Waals surface area contributed by atoms with E-state index in [1.807, 2.05) is 0 Å². The van der Waals surface area contributed by atoms with Crippen molar-refractivity contribution in [3.8, 4) is 0 Å². The lowest BCUT2D eigenvalue weighted by Gasteiger charge is -2.19. The Morgan fingerprint density at radius 3 is 2.06 bits per heavy atom. The maximum absolute atomic E-state index is 12.6. The largest absolute Gasteiger partial charge is 0.456 e. The molecule has 4 rings (SSSR count). The lowest BCUT2D eigenvalue weighted by molar-refractivity contribution is -0.149. The van der Waals surface area contributed by atoms with Gasteiger partial charge in [0, 0.05) is 24.8 Å². The molecule has 9 nitrogen and oxygen atoms in total. The van der Waals surface area contributed by atoms with Crippen LogP contribution in [0.5, 0.6) is 0 Å². The molecule has 0 unspecified atom stereocenters. The van der Waals surface area contributed by atoms with Crippen molar-refractivity contribution in [2.24, 2.45) is 23.7 Å². The van der Waals surface area contributed by atoms with Crippen LogP contribution >= 0.6 is 0 Å². The van der Waals surface area contributed by atoms with Crippen LogP contribution in [-0.4, -0.2) is 47.6 Å². The van der Waals surface area contributed by atoms with Gasteiger partial charge >= 0.3 is 5.97 Å². The van der Waals surface area contributed by atoms with Crippen molar-refractivity contribution in [3.63, 3.8) is 0 Å². The molecule has 1 aromatic carbocycles. The molecular weight excluding hydrogens is 402 g/mol. The summed E-state index contributed by atoms with van der Waals surface area (Å²) in [5, 5.41) is 5.20. The number of rotatable bonds is 7. The number of benzene rings is 1. The van der Waals surface area contributed by atoms with Gasteiger partial charge in [-0.05, 0) is 55.4 Å². The molecule has 4 amide bonds. The third-order valence-electron chi connectivity index (χ3n) is 6.41. The van der Waals surface area contributed by atoms with E-state index in [0.29, 0.717) is 23.2 Å². The smallest absolute Gasteiger partial charge is 0.308 e. The van der Waals surface area contributed by atoms with E-state index in [0.717, 1.165) is 19.3 Å². The fourth-order valence-corrected chi connectivity index (χ4v) is 5.15. The summed E-state index contributed by atoms with van der Waals surface area (Å²) >= 11 is 0. The molecule has 1 saturated heterocycles. The Hall–Kier alpha value is -3.23.